The van der Waals surface area contributed by atoms with Crippen molar-refractivity contribution in [2.75, 3.05) is 25.6 Å². The predicted molar refractivity (Wildman–Crippen MR) is 116 cm³/mol. The summed E-state index contributed by atoms with van der Waals surface area (Å²) < 4.78 is 38.6. The molecule has 7 nitrogen and oxygen atoms in total. The molecule has 3 rings (SSSR count). The second-order valence-corrected chi connectivity index (χ2v) is 9.44. The van der Waals surface area contributed by atoms with Crippen molar-refractivity contribution in [1.29, 1.82) is 0 Å². The van der Waals surface area contributed by atoms with Crippen LogP contribution in [0.5, 0.6) is 5.75 Å². The normalized spacial score (nSPS) is 16.5. The number of hydrogen-bond acceptors (Lipinski definition) is 5. The van der Waals surface area contributed by atoms with Crippen LogP contribution < -0.4 is 14.8 Å². The highest BCUT2D eigenvalue weighted by molar-refractivity contribution is 7.89. The fraction of sp³-hybridized carbons (Fsp3) is 0.350. The van der Waals surface area contributed by atoms with Crippen molar-refractivity contribution < 1.29 is 22.7 Å². The summed E-state index contributed by atoms with van der Waals surface area (Å²) in [6, 6.07) is 7.34. The van der Waals surface area contributed by atoms with E-state index < -0.39 is 15.9 Å². The van der Waals surface area contributed by atoms with E-state index in [0.29, 0.717) is 23.1 Å². The van der Waals surface area contributed by atoms with E-state index >= 15 is 0 Å². The smallest absolute Gasteiger partial charge is 0.255 e. The first-order chi connectivity index (χ1) is 14.2. The molecule has 0 radical (unpaired) electrons. The van der Waals surface area contributed by atoms with Crippen molar-refractivity contribution >= 4 is 44.8 Å². The molecule has 1 aliphatic heterocycles. The van der Waals surface area contributed by atoms with Gasteiger partial charge in [0.2, 0.25) is 10.0 Å². The molecule has 1 amide bonds. The molecule has 1 atom stereocenters. The molecule has 1 heterocycles. The summed E-state index contributed by atoms with van der Waals surface area (Å²) in [6.07, 6.45) is 1.53. The first-order valence-corrected chi connectivity index (χ1v) is 11.5. The fourth-order valence-electron chi connectivity index (χ4n) is 3.06. The largest absolute Gasteiger partial charge is 0.495 e. The third-order valence-corrected chi connectivity index (χ3v) is 7.05. The maximum absolute atomic E-state index is 12.8. The van der Waals surface area contributed by atoms with Crippen LogP contribution >= 0.6 is 23.2 Å². The molecular weight excluding hydrogens is 451 g/mol. The monoisotopic (exact) mass is 472 g/mol. The minimum absolute atomic E-state index is 0.0197. The van der Waals surface area contributed by atoms with Crippen LogP contribution in [-0.4, -0.2) is 40.7 Å². The van der Waals surface area contributed by atoms with E-state index in [9.17, 15) is 13.2 Å². The van der Waals surface area contributed by atoms with Crippen LogP contribution in [0.25, 0.3) is 0 Å². The van der Waals surface area contributed by atoms with Crippen molar-refractivity contribution in [3.8, 4) is 5.75 Å². The van der Waals surface area contributed by atoms with Crippen LogP contribution in [0.2, 0.25) is 10.0 Å². The van der Waals surface area contributed by atoms with E-state index in [1.54, 1.807) is 19.1 Å². The lowest BCUT2D eigenvalue weighted by molar-refractivity contribution is 0.102. The Bertz CT molecular complexity index is 1050. The lowest BCUT2D eigenvalue weighted by Crippen LogP contribution is -2.32. The van der Waals surface area contributed by atoms with Crippen molar-refractivity contribution in [2.45, 2.75) is 30.8 Å². The maximum atomic E-state index is 12.8. The second kappa shape index (κ2) is 9.53. The van der Waals surface area contributed by atoms with Gasteiger partial charge in [-0.1, -0.05) is 23.2 Å². The Balaban J connectivity index is 1.82. The number of benzene rings is 2. The van der Waals surface area contributed by atoms with Crippen LogP contribution in [-0.2, 0) is 14.8 Å². The average molecular weight is 473 g/mol. The molecule has 1 aliphatic rings. The SMILES string of the molecule is COc1cc(Cl)c(C)cc1NC(=O)c1ccc(Cl)c(S(=O)(=O)NC[C@H]2CCCO2)c1. The quantitative estimate of drug-likeness (QED) is 0.634. The third kappa shape index (κ3) is 5.25. The number of carbonyl (C=O) groups excluding carboxylic acids is 1. The molecule has 2 aromatic carbocycles. The minimum atomic E-state index is -3.92. The van der Waals surface area contributed by atoms with Crippen molar-refractivity contribution in [1.82, 2.24) is 4.72 Å². The summed E-state index contributed by atoms with van der Waals surface area (Å²) in [7, 11) is -2.45. The Kier molecular flexibility index (Phi) is 7.26. The van der Waals surface area contributed by atoms with Gasteiger partial charge in [0, 0.05) is 29.8 Å². The lowest BCUT2D eigenvalue weighted by atomic mass is 10.1. The molecule has 0 spiro atoms. The number of hydrogen-bond donors (Lipinski definition) is 2. The van der Waals surface area contributed by atoms with Gasteiger partial charge in [-0.15, -0.1) is 0 Å². The molecule has 2 aromatic rings. The topological polar surface area (TPSA) is 93.7 Å². The number of nitrogens with one attached hydrogen (secondary N) is 2. The van der Waals surface area contributed by atoms with Gasteiger partial charge in [0.15, 0.2) is 0 Å². The van der Waals surface area contributed by atoms with Crippen molar-refractivity contribution in [2.24, 2.45) is 0 Å². The zero-order chi connectivity index (χ0) is 21.9. The number of methoxy groups -OCH3 is 1. The van der Waals surface area contributed by atoms with Gasteiger partial charge in [0.05, 0.1) is 23.9 Å². The van der Waals surface area contributed by atoms with Crippen LogP contribution in [0.3, 0.4) is 0 Å². The fourth-order valence-corrected chi connectivity index (χ4v) is 4.80. The summed E-state index contributed by atoms with van der Waals surface area (Å²) in [6.45, 7) is 2.57. The molecule has 0 unspecified atom stereocenters. The van der Waals surface area contributed by atoms with Crippen molar-refractivity contribution in [3.05, 3.63) is 51.5 Å². The molecule has 162 valence electrons. The first-order valence-electron chi connectivity index (χ1n) is 9.27. The highest BCUT2D eigenvalue weighted by Crippen LogP contribution is 2.31. The molecule has 0 aromatic heterocycles. The van der Waals surface area contributed by atoms with Gasteiger partial charge < -0.3 is 14.8 Å². The van der Waals surface area contributed by atoms with E-state index in [0.717, 1.165) is 18.4 Å². The average Bonchev–Trinajstić information content (AvgIpc) is 3.23. The molecule has 30 heavy (non-hydrogen) atoms. The Hall–Kier alpha value is -1.84. The number of sulfonamides is 1. The van der Waals surface area contributed by atoms with Gasteiger partial charge in [-0.3, -0.25) is 4.79 Å². The molecule has 0 saturated carbocycles. The summed E-state index contributed by atoms with van der Waals surface area (Å²) >= 11 is 12.2. The molecule has 1 saturated heterocycles. The molecule has 2 N–H and O–H groups in total. The number of ether oxygens (including phenoxy) is 2. The number of anilines is 1. The van der Waals surface area contributed by atoms with Crippen LogP contribution in [0.4, 0.5) is 5.69 Å². The maximum Gasteiger partial charge on any atom is 0.255 e. The van der Waals surface area contributed by atoms with Gasteiger partial charge >= 0.3 is 0 Å². The molecule has 0 aliphatic carbocycles. The zero-order valence-electron chi connectivity index (χ0n) is 16.5. The molecular formula is C20H22Cl2N2O5S. The van der Waals surface area contributed by atoms with Gasteiger partial charge in [0.25, 0.3) is 5.91 Å². The van der Waals surface area contributed by atoms with E-state index in [1.165, 1.54) is 25.3 Å². The molecule has 10 heteroatoms. The minimum Gasteiger partial charge on any atom is -0.495 e. The van der Waals surface area contributed by atoms with Gasteiger partial charge in [-0.05, 0) is 49.6 Å². The van der Waals surface area contributed by atoms with E-state index in [1.807, 2.05) is 0 Å². The van der Waals surface area contributed by atoms with Crippen LogP contribution in [0.1, 0.15) is 28.8 Å². The first kappa shape index (κ1) is 22.8. The number of halogens is 2. The Morgan fingerprint density at radius 2 is 2.00 bits per heavy atom. The predicted octanol–water partition coefficient (Wildman–Crippen LogP) is 4.02. The van der Waals surface area contributed by atoms with Crippen molar-refractivity contribution in [3.63, 3.8) is 0 Å². The highest BCUT2D eigenvalue weighted by Gasteiger charge is 2.23. The van der Waals surface area contributed by atoms with E-state index in [-0.39, 0.29) is 28.1 Å². The van der Waals surface area contributed by atoms with Gasteiger partial charge in [-0.25, -0.2) is 13.1 Å². The lowest BCUT2D eigenvalue weighted by Gasteiger charge is -2.14. The van der Waals surface area contributed by atoms with E-state index in [4.69, 9.17) is 32.7 Å². The number of rotatable bonds is 7. The number of carbonyl (C=O) groups is 1. The Morgan fingerprint density at radius 1 is 1.23 bits per heavy atom. The number of amides is 1. The Morgan fingerprint density at radius 3 is 2.67 bits per heavy atom. The Labute approximate surface area is 185 Å². The number of aryl methyl sites for hydroxylation is 1. The van der Waals surface area contributed by atoms with Crippen LogP contribution in [0.15, 0.2) is 35.2 Å². The summed E-state index contributed by atoms with van der Waals surface area (Å²) in [5.74, 6) is -0.124. The van der Waals surface area contributed by atoms with E-state index in [2.05, 4.69) is 10.0 Å². The van der Waals surface area contributed by atoms with Crippen LogP contribution in [0, 0.1) is 6.92 Å². The highest BCUT2D eigenvalue weighted by atomic mass is 35.5. The standard InChI is InChI=1S/C20H22Cl2N2O5S/c1-12-8-17(18(28-2)10-16(12)22)24-20(25)13-5-6-15(21)19(9-13)30(26,27)23-11-14-4-3-7-29-14/h5-6,8-10,14,23H,3-4,7,11H2,1-2H3,(H,24,25)/t14-/m1/s1. The van der Waals surface area contributed by atoms with Gasteiger partial charge in [0.1, 0.15) is 10.6 Å². The summed E-state index contributed by atoms with van der Waals surface area (Å²) in [5, 5.41) is 3.24. The molecule has 0 bridgehead atoms. The zero-order valence-corrected chi connectivity index (χ0v) is 18.8. The second-order valence-electron chi connectivity index (χ2n) is 6.89. The molecule has 1 fully saturated rings. The summed E-state index contributed by atoms with van der Waals surface area (Å²) in [4.78, 5) is 12.6. The van der Waals surface area contributed by atoms with Gasteiger partial charge in [-0.2, -0.15) is 0 Å². The summed E-state index contributed by atoms with van der Waals surface area (Å²) in [5.41, 5.74) is 1.30. The third-order valence-electron chi connectivity index (χ3n) is 4.74.